The van der Waals surface area contributed by atoms with Crippen LogP contribution in [-0.4, -0.2) is 10.8 Å². The summed E-state index contributed by atoms with van der Waals surface area (Å²) in [5.41, 5.74) is 1.45. The highest BCUT2D eigenvalue weighted by Crippen LogP contribution is 2.15. The minimum absolute atomic E-state index is 0.0265. The second-order valence-corrected chi connectivity index (χ2v) is 2.98. The molecular formula is C9H10ClNO. The minimum atomic E-state index is -0.0265. The molecule has 3 heteroatoms. The van der Waals surface area contributed by atoms with Crippen molar-refractivity contribution in [3.63, 3.8) is 0 Å². The molecule has 0 aliphatic rings. The highest BCUT2D eigenvalue weighted by Gasteiger charge is 2.04. The van der Waals surface area contributed by atoms with Gasteiger partial charge in [0.25, 0.3) is 0 Å². The first-order valence-corrected chi connectivity index (χ1v) is 4.18. The number of halogens is 1. The fourth-order valence-corrected chi connectivity index (χ4v) is 1.18. The molecule has 0 unspecified atom stereocenters. The number of aromatic nitrogens is 1. The maximum absolute atomic E-state index is 10.9. The quantitative estimate of drug-likeness (QED) is 0.660. The Kier molecular flexibility index (Phi) is 2.82. The lowest BCUT2D eigenvalue weighted by Gasteiger charge is -2.01. The van der Waals surface area contributed by atoms with Crippen LogP contribution in [0.1, 0.15) is 29.9 Å². The van der Waals surface area contributed by atoms with E-state index >= 15 is 0 Å². The first-order chi connectivity index (χ1) is 5.65. The molecule has 12 heavy (non-hydrogen) atoms. The normalized spacial score (nSPS) is 9.92. The van der Waals surface area contributed by atoms with Gasteiger partial charge in [-0.05, 0) is 18.1 Å². The predicted molar refractivity (Wildman–Crippen MR) is 48.6 cm³/mol. The Morgan fingerprint density at radius 2 is 2.33 bits per heavy atom. The van der Waals surface area contributed by atoms with Gasteiger partial charge < -0.3 is 0 Å². The van der Waals surface area contributed by atoms with Crippen LogP contribution >= 0.6 is 11.6 Å². The summed E-state index contributed by atoms with van der Waals surface area (Å²) in [6.07, 6.45) is 2.35. The molecule has 1 rings (SSSR count). The third-order valence-corrected chi connectivity index (χ3v) is 2.02. The van der Waals surface area contributed by atoms with Gasteiger partial charge >= 0.3 is 0 Å². The number of aryl methyl sites for hydroxylation is 1. The number of carbonyl (C=O) groups is 1. The van der Waals surface area contributed by atoms with E-state index in [2.05, 4.69) is 4.98 Å². The zero-order valence-electron chi connectivity index (χ0n) is 7.10. The largest absolute Gasteiger partial charge is 0.293 e. The van der Waals surface area contributed by atoms with E-state index in [9.17, 15) is 4.79 Å². The molecule has 0 saturated heterocycles. The molecule has 64 valence electrons. The lowest BCUT2D eigenvalue weighted by atomic mass is 10.1. The SMILES string of the molecule is CCc1cc(C(C)=O)ncc1Cl. The number of Topliss-reactive ketones (excluding diaryl/α,β-unsaturated/α-hetero) is 1. The minimum Gasteiger partial charge on any atom is -0.293 e. The third-order valence-electron chi connectivity index (χ3n) is 1.68. The van der Waals surface area contributed by atoms with Crippen molar-refractivity contribution in [2.45, 2.75) is 20.3 Å². The van der Waals surface area contributed by atoms with Gasteiger partial charge in [0, 0.05) is 13.1 Å². The molecule has 0 atom stereocenters. The zero-order valence-corrected chi connectivity index (χ0v) is 7.85. The summed E-state index contributed by atoms with van der Waals surface area (Å²) in [5, 5.41) is 0.627. The van der Waals surface area contributed by atoms with Gasteiger partial charge in [-0.3, -0.25) is 9.78 Å². The Hall–Kier alpha value is -0.890. The van der Waals surface area contributed by atoms with Crippen molar-refractivity contribution in [3.8, 4) is 0 Å². The van der Waals surface area contributed by atoms with E-state index in [-0.39, 0.29) is 5.78 Å². The van der Waals surface area contributed by atoms with E-state index in [1.165, 1.54) is 13.1 Å². The van der Waals surface area contributed by atoms with Crippen LogP contribution in [0.25, 0.3) is 0 Å². The maximum atomic E-state index is 10.9. The summed E-state index contributed by atoms with van der Waals surface area (Å²) in [5.74, 6) is -0.0265. The van der Waals surface area contributed by atoms with E-state index in [1.54, 1.807) is 6.07 Å². The highest BCUT2D eigenvalue weighted by atomic mass is 35.5. The molecule has 0 fully saturated rings. The van der Waals surface area contributed by atoms with E-state index in [4.69, 9.17) is 11.6 Å². The second-order valence-electron chi connectivity index (χ2n) is 2.57. The standard InChI is InChI=1S/C9H10ClNO/c1-3-7-4-9(6(2)12)11-5-8(7)10/h4-5H,3H2,1-2H3. The van der Waals surface area contributed by atoms with Crippen LogP contribution in [0.2, 0.25) is 5.02 Å². The number of hydrogen-bond acceptors (Lipinski definition) is 2. The molecule has 0 aliphatic heterocycles. The Labute approximate surface area is 76.6 Å². The molecule has 0 radical (unpaired) electrons. The summed E-state index contributed by atoms with van der Waals surface area (Å²) in [7, 11) is 0. The van der Waals surface area contributed by atoms with Gasteiger partial charge in [-0.1, -0.05) is 18.5 Å². The molecule has 0 N–H and O–H groups in total. The Morgan fingerprint density at radius 3 is 2.83 bits per heavy atom. The van der Waals surface area contributed by atoms with Crippen LogP contribution in [0.5, 0.6) is 0 Å². The van der Waals surface area contributed by atoms with E-state index in [1.807, 2.05) is 6.92 Å². The number of carbonyl (C=O) groups excluding carboxylic acids is 1. The van der Waals surface area contributed by atoms with Gasteiger partial charge in [0.1, 0.15) is 5.69 Å². The summed E-state index contributed by atoms with van der Waals surface area (Å²) >= 11 is 5.83. The summed E-state index contributed by atoms with van der Waals surface area (Å²) in [4.78, 5) is 14.8. The van der Waals surface area contributed by atoms with Gasteiger partial charge in [-0.15, -0.1) is 0 Å². The Balaban J connectivity index is 3.13. The maximum Gasteiger partial charge on any atom is 0.178 e. The summed E-state index contributed by atoms with van der Waals surface area (Å²) < 4.78 is 0. The molecule has 1 heterocycles. The van der Waals surface area contributed by atoms with Gasteiger partial charge in [-0.25, -0.2) is 0 Å². The average molecular weight is 184 g/mol. The molecule has 0 spiro atoms. The molecular weight excluding hydrogens is 174 g/mol. The van der Waals surface area contributed by atoms with Gasteiger partial charge in [0.05, 0.1) is 5.02 Å². The van der Waals surface area contributed by atoms with Crippen molar-refractivity contribution in [2.75, 3.05) is 0 Å². The second kappa shape index (κ2) is 3.68. The third kappa shape index (κ3) is 1.83. The fraction of sp³-hybridized carbons (Fsp3) is 0.333. The van der Waals surface area contributed by atoms with Gasteiger partial charge in [0.2, 0.25) is 0 Å². The average Bonchev–Trinajstić information content (AvgIpc) is 2.05. The Morgan fingerprint density at radius 1 is 1.67 bits per heavy atom. The Bertz CT molecular complexity index is 309. The van der Waals surface area contributed by atoms with Crippen LogP contribution in [0.15, 0.2) is 12.3 Å². The molecule has 0 bridgehead atoms. The molecule has 0 amide bonds. The molecule has 1 aromatic heterocycles. The molecule has 0 saturated carbocycles. The van der Waals surface area contributed by atoms with Crippen LogP contribution < -0.4 is 0 Å². The number of nitrogens with zero attached hydrogens (tertiary/aromatic N) is 1. The van der Waals surface area contributed by atoms with Crippen LogP contribution in [0.4, 0.5) is 0 Å². The summed E-state index contributed by atoms with van der Waals surface area (Å²) in [6, 6.07) is 1.74. The topological polar surface area (TPSA) is 30.0 Å². The van der Waals surface area contributed by atoms with Crippen molar-refractivity contribution in [2.24, 2.45) is 0 Å². The van der Waals surface area contributed by atoms with E-state index in [0.717, 1.165) is 12.0 Å². The monoisotopic (exact) mass is 183 g/mol. The van der Waals surface area contributed by atoms with Crippen molar-refractivity contribution < 1.29 is 4.79 Å². The van der Waals surface area contributed by atoms with Crippen molar-refractivity contribution in [3.05, 3.63) is 28.5 Å². The first-order valence-electron chi connectivity index (χ1n) is 3.80. The van der Waals surface area contributed by atoms with Crippen LogP contribution in [0, 0.1) is 0 Å². The molecule has 0 aromatic carbocycles. The summed E-state index contributed by atoms with van der Waals surface area (Å²) in [6.45, 7) is 3.49. The lowest BCUT2D eigenvalue weighted by molar-refractivity contribution is 0.101. The fourth-order valence-electron chi connectivity index (χ4n) is 0.944. The predicted octanol–water partition coefficient (Wildman–Crippen LogP) is 2.50. The number of pyridine rings is 1. The van der Waals surface area contributed by atoms with Crippen molar-refractivity contribution >= 4 is 17.4 Å². The van der Waals surface area contributed by atoms with Crippen LogP contribution in [-0.2, 0) is 6.42 Å². The molecule has 1 aromatic rings. The molecule has 0 aliphatic carbocycles. The highest BCUT2D eigenvalue weighted by molar-refractivity contribution is 6.31. The van der Waals surface area contributed by atoms with Crippen molar-refractivity contribution in [1.82, 2.24) is 4.98 Å². The number of hydrogen-bond donors (Lipinski definition) is 0. The smallest absolute Gasteiger partial charge is 0.178 e. The van der Waals surface area contributed by atoms with Crippen molar-refractivity contribution in [1.29, 1.82) is 0 Å². The van der Waals surface area contributed by atoms with Gasteiger partial charge in [-0.2, -0.15) is 0 Å². The van der Waals surface area contributed by atoms with E-state index in [0.29, 0.717) is 10.7 Å². The number of ketones is 1. The lowest BCUT2D eigenvalue weighted by Crippen LogP contribution is -1.98. The van der Waals surface area contributed by atoms with Crippen LogP contribution in [0.3, 0.4) is 0 Å². The zero-order chi connectivity index (χ0) is 9.14. The first kappa shape index (κ1) is 9.20. The molecule has 2 nitrogen and oxygen atoms in total. The number of rotatable bonds is 2. The van der Waals surface area contributed by atoms with E-state index < -0.39 is 0 Å². The van der Waals surface area contributed by atoms with Gasteiger partial charge in [0.15, 0.2) is 5.78 Å².